The fraction of sp³-hybridized carbons (Fsp3) is 0.0909. The maximum Gasteiger partial charge on any atom is 0.150 e. The van der Waals surface area contributed by atoms with Crippen LogP contribution in [0, 0.1) is 0 Å². The molecule has 2 N–H and O–H groups in total. The Morgan fingerprint density at radius 2 is 1.94 bits per heavy atom. The third kappa shape index (κ3) is 2.36. The standard InChI is InChI=1S/C11H10BrN3S/c1-16-8-4-2-7(3-5-8)10-11(13)14-6-9(12)15-10/h2-6H,1H3,(H2,13,14). The number of nitrogen functional groups attached to an aromatic ring is 1. The average Bonchev–Trinajstić information content (AvgIpc) is 2.32. The van der Waals surface area contributed by atoms with Gasteiger partial charge in [0.2, 0.25) is 0 Å². The van der Waals surface area contributed by atoms with Gasteiger partial charge in [-0.1, -0.05) is 12.1 Å². The number of thioether (sulfide) groups is 1. The van der Waals surface area contributed by atoms with E-state index >= 15 is 0 Å². The van der Waals surface area contributed by atoms with Crippen LogP contribution in [0.25, 0.3) is 11.3 Å². The zero-order valence-corrected chi connectivity index (χ0v) is 11.0. The van der Waals surface area contributed by atoms with Gasteiger partial charge < -0.3 is 5.73 Å². The maximum atomic E-state index is 5.79. The molecule has 0 radical (unpaired) electrons. The lowest BCUT2D eigenvalue weighted by molar-refractivity contribution is 1.18. The molecule has 0 fully saturated rings. The Bertz CT molecular complexity index is 499. The Labute approximate surface area is 107 Å². The van der Waals surface area contributed by atoms with Crippen molar-refractivity contribution in [3.63, 3.8) is 0 Å². The van der Waals surface area contributed by atoms with E-state index in [1.54, 1.807) is 18.0 Å². The summed E-state index contributed by atoms with van der Waals surface area (Å²) in [6, 6.07) is 8.08. The van der Waals surface area contributed by atoms with Crippen molar-refractivity contribution in [1.82, 2.24) is 9.97 Å². The van der Waals surface area contributed by atoms with E-state index in [-0.39, 0.29) is 0 Å². The van der Waals surface area contributed by atoms with Gasteiger partial charge in [-0.2, -0.15) is 0 Å². The van der Waals surface area contributed by atoms with Crippen molar-refractivity contribution < 1.29 is 0 Å². The Morgan fingerprint density at radius 3 is 2.56 bits per heavy atom. The van der Waals surface area contributed by atoms with Crippen LogP contribution in [0.4, 0.5) is 5.82 Å². The maximum absolute atomic E-state index is 5.79. The first-order chi connectivity index (χ1) is 7.70. The molecule has 3 nitrogen and oxygen atoms in total. The number of anilines is 1. The van der Waals surface area contributed by atoms with Crippen molar-refractivity contribution in [2.75, 3.05) is 12.0 Å². The summed E-state index contributed by atoms with van der Waals surface area (Å²) in [5, 5.41) is 0. The molecule has 0 saturated heterocycles. The number of nitrogens with zero attached hydrogens (tertiary/aromatic N) is 2. The summed E-state index contributed by atoms with van der Waals surface area (Å²) < 4.78 is 0.686. The van der Waals surface area contributed by atoms with Gasteiger partial charge in [0.1, 0.15) is 16.1 Å². The van der Waals surface area contributed by atoms with E-state index in [0.29, 0.717) is 16.1 Å². The smallest absolute Gasteiger partial charge is 0.150 e. The lowest BCUT2D eigenvalue weighted by Gasteiger charge is -2.05. The molecular formula is C11H10BrN3S. The summed E-state index contributed by atoms with van der Waals surface area (Å²) in [6.07, 6.45) is 3.64. The van der Waals surface area contributed by atoms with E-state index < -0.39 is 0 Å². The molecule has 16 heavy (non-hydrogen) atoms. The van der Waals surface area contributed by atoms with E-state index in [4.69, 9.17) is 5.73 Å². The summed E-state index contributed by atoms with van der Waals surface area (Å²) in [7, 11) is 0. The van der Waals surface area contributed by atoms with Crippen molar-refractivity contribution in [3.05, 3.63) is 35.1 Å². The summed E-state index contributed by atoms with van der Waals surface area (Å²) in [6.45, 7) is 0. The zero-order chi connectivity index (χ0) is 11.5. The van der Waals surface area contributed by atoms with E-state index in [1.165, 1.54) is 4.90 Å². The summed E-state index contributed by atoms with van der Waals surface area (Å²) >= 11 is 4.99. The van der Waals surface area contributed by atoms with Gasteiger partial charge in [0, 0.05) is 10.5 Å². The van der Waals surface area contributed by atoms with Crippen LogP contribution < -0.4 is 5.73 Å². The molecule has 82 valence electrons. The molecule has 1 aromatic heterocycles. The van der Waals surface area contributed by atoms with Gasteiger partial charge in [-0.3, -0.25) is 0 Å². The van der Waals surface area contributed by atoms with Gasteiger partial charge in [0.25, 0.3) is 0 Å². The fourth-order valence-electron chi connectivity index (χ4n) is 1.34. The number of rotatable bonds is 2. The molecule has 5 heteroatoms. The number of hydrogen-bond donors (Lipinski definition) is 1. The van der Waals surface area contributed by atoms with Crippen LogP contribution >= 0.6 is 27.7 Å². The van der Waals surface area contributed by atoms with Gasteiger partial charge in [-0.05, 0) is 34.3 Å². The SMILES string of the molecule is CSc1ccc(-c2nc(Br)cnc2N)cc1. The molecule has 1 heterocycles. The largest absolute Gasteiger partial charge is 0.382 e. The lowest BCUT2D eigenvalue weighted by Crippen LogP contribution is -1.97. The van der Waals surface area contributed by atoms with Crippen LogP contribution in [0.3, 0.4) is 0 Å². The molecule has 0 bridgehead atoms. The Hall–Kier alpha value is -1.07. The Kier molecular flexibility index (Phi) is 3.46. The molecule has 0 aliphatic rings. The highest BCUT2D eigenvalue weighted by Gasteiger charge is 2.06. The van der Waals surface area contributed by atoms with Gasteiger partial charge in [0.15, 0.2) is 0 Å². The molecule has 0 unspecified atom stereocenters. The normalized spacial score (nSPS) is 10.4. The highest BCUT2D eigenvalue weighted by Crippen LogP contribution is 2.25. The third-order valence-electron chi connectivity index (χ3n) is 2.13. The molecule has 0 atom stereocenters. The van der Waals surface area contributed by atoms with Crippen LogP contribution in [-0.4, -0.2) is 16.2 Å². The van der Waals surface area contributed by atoms with Gasteiger partial charge in [0.05, 0.1) is 6.20 Å². The van der Waals surface area contributed by atoms with Gasteiger partial charge in [-0.15, -0.1) is 11.8 Å². The van der Waals surface area contributed by atoms with Crippen LogP contribution in [0.15, 0.2) is 40.0 Å². The molecule has 1 aromatic carbocycles. The molecule has 0 amide bonds. The minimum Gasteiger partial charge on any atom is -0.382 e. The number of halogens is 1. The van der Waals surface area contributed by atoms with Crippen molar-refractivity contribution in [2.45, 2.75) is 4.90 Å². The topological polar surface area (TPSA) is 51.8 Å². The number of aromatic nitrogens is 2. The zero-order valence-electron chi connectivity index (χ0n) is 8.64. The second-order valence-corrected chi connectivity index (χ2v) is 4.85. The molecule has 2 aromatic rings. The molecule has 0 saturated carbocycles. The lowest BCUT2D eigenvalue weighted by atomic mass is 10.1. The second kappa shape index (κ2) is 4.84. The van der Waals surface area contributed by atoms with Crippen LogP contribution in [0.2, 0.25) is 0 Å². The third-order valence-corrected chi connectivity index (χ3v) is 3.26. The first-order valence-electron chi connectivity index (χ1n) is 4.63. The van der Waals surface area contributed by atoms with Crippen molar-refractivity contribution in [2.24, 2.45) is 0 Å². The molecule has 0 aliphatic heterocycles. The minimum atomic E-state index is 0.445. The quantitative estimate of drug-likeness (QED) is 0.865. The predicted octanol–water partition coefficient (Wildman–Crippen LogP) is 3.21. The monoisotopic (exact) mass is 295 g/mol. The first-order valence-corrected chi connectivity index (χ1v) is 6.65. The molecule has 2 rings (SSSR count). The van der Waals surface area contributed by atoms with E-state index in [0.717, 1.165) is 5.56 Å². The summed E-state index contributed by atoms with van der Waals surface area (Å²) in [5.74, 6) is 0.445. The molecule has 0 spiro atoms. The average molecular weight is 296 g/mol. The minimum absolute atomic E-state index is 0.445. The highest BCUT2D eigenvalue weighted by atomic mass is 79.9. The van der Waals surface area contributed by atoms with Gasteiger partial charge >= 0.3 is 0 Å². The van der Waals surface area contributed by atoms with Crippen LogP contribution in [-0.2, 0) is 0 Å². The van der Waals surface area contributed by atoms with Gasteiger partial charge in [-0.25, -0.2) is 9.97 Å². The number of benzene rings is 1. The van der Waals surface area contributed by atoms with Crippen molar-refractivity contribution in [1.29, 1.82) is 0 Å². The highest BCUT2D eigenvalue weighted by molar-refractivity contribution is 9.10. The predicted molar refractivity (Wildman–Crippen MR) is 71.4 cm³/mol. The second-order valence-electron chi connectivity index (χ2n) is 3.16. The number of nitrogens with two attached hydrogens (primary N) is 1. The Balaban J connectivity index is 2.45. The van der Waals surface area contributed by atoms with E-state index in [9.17, 15) is 0 Å². The van der Waals surface area contributed by atoms with Crippen molar-refractivity contribution >= 4 is 33.5 Å². The van der Waals surface area contributed by atoms with E-state index in [2.05, 4.69) is 25.9 Å². The summed E-state index contributed by atoms with van der Waals surface area (Å²) in [4.78, 5) is 9.59. The van der Waals surface area contributed by atoms with E-state index in [1.807, 2.05) is 30.5 Å². The van der Waals surface area contributed by atoms with Crippen LogP contribution in [0.1, 0.15) is 0 Å². The Morgan fingerprint density at radius 1 is 1.25 bits per heavy atom. The first kappa shape index (κ1) is 11.4. The number of hydrogen-bond acceptors (Lipinski definition) is 4. The molecule has 0 aliphatic carbocycles. The summed E-state index contributed by atoms with van der Waals surface area (Å²) in [5.41, 5.74) is 7.48. The van der Waals surface area contributed by atoms with Crippen LogP contribution in [0.5, 0.6) is 0 Å². The van der Waals surface area contributed by atoms with Crippen molar-refractivity contribution in [3.8, 4) is 11.3 Å². The molecular weight excluding hydrogens is 286 g/mol. The fourth-order valence-corrected chi connectivity index (χ4v) is 2.03.